The smallest absolute Gasteiger partial charge is 0.251 e. The van der Waals surface area contributed by atoms with Crippen molar-refractivity contribution in [2.75, 3.05) is 0 Å². The second-order valence-electron chi connectivity index (χ2n) is 4.39. The Morgan fingerprint density at radius 3 is 2.35 bits per heavy atom. The van der Waals surface area contributed by atoms with Gasteiger partial charge in [0.2, 0.25) is 5.91 Å². The van der Waals surface area contributed by atoms with E-state index < -0.39 is 11.8 Å². The molecule has 2 heterocycles. The number of pyridine rings is 2. The lowest BCUT2D eigenvalue weighted by Crippen LogP contribution is -2.22. The Bertz CT molecular complexity index is 710. The molecule has 0 aromatic carbocycles. The molecular formula is C14H14N4O2. The summed E-state index contributed by atoms with van der Waals surface area (Å²) < 4.78 is 0. The number of carbonyl (C=O) groups is 2. The molecule has 0 bridgehead atoms. The van der Waals surface area contributed by atoms with E-state index in [0.717, 1.165) is 11.3 Å². The van der Waals surface area contributed by atoms with Crippen LogP contribution in [-0.4, -0.2) is 21.8 Å². The van der Waals surface area contributed by atoms with Crippen LogP contribution in [-0.2, 0) is 0 Å². The number of nitrogens with two attached hydrogens (primary N) is 2. The van der Waals surface area contributed by atoms with Gasteiger partial charge >= 0.3 is 0 Å². The summed E-state index contributed by atoms with van der Waals surface area (Å²) in [5.74, 6) is -1.44. The van der Waals surface area contributed by atoms with E-state index in [1.54, 1.807) is 19.2 Å². The normalized spacial score (nSPS) is 10.3. The molecule has 0 fully saturated rings. The molecule has 0 saturated carbocycles. The van der Waals surface area contributed by atoms with Gasteiger partial charge in [0, 0.05) is 23.7 Å². The first-order valence-electron chi connectivity index (χ1n) is 5.94. The third-order valence-electron chi connectivity index (χ3n) is 3.10. The molecule has 0 saturated heterocycles. The van der Waals surface area contributed by atoms with Gasteiger partial charge in [0.25, 0.3) is 5.91 Å². The van der Waals surface area contributed by atoms with Gasteiger partial charge in [-0.2, -0.15) is 0 Å². The largest absolute Gasteiger partial charge is 0.366 e. The number of rotatable bonds is 3. The van der Waals surface area contributed by atoms with Crippen LogP contribution in [0.2, 0.25) is 0 Å². The molecule has 0 atom stereocenters. The van der Waals surface area contributed by atoms with Gasteiger partial charge in [-0.1, -0.05) is 0 Å². The average Bonchev–Trinajstić information content (AvgIpc) is 2.38. The molecule has 2 rings (SSSR count). The lowest BCUT2D eigenvalue weighted by Gasteiger charge is -2.12. The lowest BCUT2D eigenvalue weighted by atomic mass is 9.97. The number of hydrogen-bond donors (Lipinski definition) is 2. The third-order valence-corrected chi connectivity index (χ3v) is 3.10. The molecule has 0 aliphatic rings. The molecule has 0 radical (unpaired) electrons. The van der Waals surface area contributed by atoms with E-state index in [1.807, 2.05) is 13.0 Å². The minimum absolute atomic E-state index is 0.0280. The molecule has 102 valence electrons. The Kier molecular flexibility index (Phi) is 3.47. The molecule has 0 spiro atoms. The molecule has 0 aliphatic carbocycles. The van der Waals surface area contributed by atoms with E-state index in [4.69, 9.17) is 11.5 Å². The highest BCUT2D eigenvalue weighted by atomic mass is 16.2. The summed E-state index contributed by atoms with van der Waals surface area (Å²) >= 11 is 0. The Labute approximate surface area is 115 Å². The van der Waals surface area contributed by atoms with E-state index in [2.05, 4.69) is 9.97 Å². The summed E-state index contributed by atoms with van der Waals surface area (Å²) in [7, 11) is 0. The molecule has 2 amide bonds. The Balaban J connectivity index is 2.76. The molecule has 0 unspecified atom stereocenters. The maximum absolute atomic E-state index is 11.6. The molecule has 4 N–H and O–H groups in total. The maximum Gasteiger partial charge on any atom is 0.251 e. The van der Waals surface area contributed by atoms with Crippen molar-refractivity contribution in [1.82, 2.24) is 9.97 Å². The molecule has 0 aliphatic heterocycles. The van der Waals surface area contributed by atoms with Crippen LogP contribution >= 0.6 is 0 Å². The lowest BCUT2D eigenvalue weighted by molar-refractivity contribution is 0.0966. The van der Waals surface area contributed by atoms with Crippen LogP contribution in [0.5, 0.6) is 0 Å². The van der Waals surface area contributed by atoms with Crippen LogP contribution in [0.4, 0.5) is 0 Å². The first-order chi connectivity index (χ1) is 9.43. The van der Waals surface area contributed by atoms with Crippen LogP contribution in [0.1, 0.15) is 32.0 Å². The maximum atomic E-state index is 11.6. The van der Waals surface area contributed by atoms with Gasteiger partial charge in [0.05, 0.1) is 16.8 Å². The van der Waals surface area contributed by atoms with Crippen molar-refractivity contribution in [3.63, 3.8) is 0 Å². The number of nitrogens with zero attached hydrogens (tertiary/aromatic N) is 2. The average molecular weight is 270 g/mol. The Hall–Kier alpha value is -2.76. The predicted molar refractivity (Wildman–Crippen MR) is 74.0 cm³/mol. The van der Waals surface area contributed by atoms with Crippen molar-refractivity contribution in [3.05, 3.63) is 46.9 Å². The van der Waals surface area contributed by atoms with Crippen LogP contribution in [0, 0.1) is 13.8 Å². The van der Waals surface area contributed by atoms with Gasteiger partial charge in [0.15, 0.2) is 0 Å². The molecule has 20 heavy (non-hydrogen) atoms. The fourth-order valence-electron chi connectivity index (χ4n) is 2.12. The van der Waals surface area contributed by atoms with E-state index in [0.29, 0.717) is 11.3 Å². The fourth-order valence-corrected chi connectivity index (χ4v) is 2.12. The zero-order valence-corrected chi connectivity index (χ0v) is 11.2. The van der Waals surface area contributed by atoms with Gasteiger partial charge < -0.3 is 11.5 Å². The highest BCUT2D eigenvalue weighted by Crippen LogP contribution is 2.26. The molecular weight excluding hydrogens is 256 g/mol. The first kappa shape index (κ1) is 13.7. The fraction of sp³-hybridized carbons (Fsp3) is 0.143. The summed E-state index contributed by atoms with van der Waals surface area (Å²) in [6, 6.07) is 3.61. The van der Waals surface area contributed by atoms with Crippen molar-refractivity contribution >= 4 is 11.8 Å². The second-order valence-corrected chi connectivity index (χ2v) is 4.39. The van der Waals surface area contributed by atoms with Crippen LogP contribution in [0.25, 0.3) is 11.3 Å². The van der Waals surface area contributed by atoms with E-state index in [-0.39, 0.29) is 11.1 Å². The number of primary amides is 2. The minimum atomic E-state index is -0.733. The van der Waals surface area contributed by atoms with Crippen molar-refractivity contribution < 1.29 is 9.59 Å². The summed E-state index contributed by atoms with van der Waals surface area (Å²) in [5, 5.41) is 0. The van der Waals surface area contributed by atoms with Gasteiger partial charge in [-0.05, 0) is 31.5 Å². The zero-order valence-electron chi connectivity index (χ0n) is 11.2. The quantitative estimate of drug-likeness (QED) is 0.864. The van der Waals surface area contributed by atoms with Crippen molar-refractivity contribution in [3.8, 4) is 11.3 Å². The SMILES string of the molecule is Cc1ncccc1-c1ncc(C(N)=O)c(C(N)=O)c1C. The van der Waals surface area contributed by atoms with E-state index >= 15 is 0 Å². The first-order valence-corrected chi connectivity index (χ1v) is 5.94. The number of carbonyl (C=O) groups excluding carboxylic acids is 2. The third kappa shape index (κ3) is 2.23. The predicted octanol–water partition coefficient (Wildman–Crippen LogP) is 0.958. The van der Waals surface area contributed by atoms with Gasteiger partial charge in [-0.25, -0.2) is 0 Å². The summed E-state index contributed by atoms with van der Waals surface area (Å²) in [5.41, 5.74) is 13.4. The molecule has 6 heteroatoms. The van der Waals surface area contributed by atoms with Crippen LogP contribution in [0.15, 0.2) is 24.5 Å². The summed E-state index contributed by atoms with van der Waals surface area (Å²) in [6.07, 6.45) is 2.94. The van der Waals surface area contributed by atoms with E-state index in [9.17, 15) is 9.59 Å². The molecule has 2 aromatic heterocycles. The van der Waals surface area contributed by atoms with Gasteiger partial charge in [-0.3, -0.25) is 19.6 Å². The van der Waals surface area contributed by atoms with E-state index in [1.165, 1.54) is 6.20 Å². The number of aromatic nitrogens is 2. The van der Waals surface area contributed by atoms with Crippen molar-refractivity contribution in [2.45, 2.75) is 13.8 Å². The highest BCUT2D eigenvalue weighted by molar-refractivity contribution is 6.07. The number of aryl methyl sites for hydroxylation is 1. The van der Waals surface area contributed by atoms with Crippen molar-refractivity contribution in [2.24, 2.45) is 11.5 Å². The van der Waals surface area contributed by atoms with Gasteiger partial charge in [-0.15, -0.1) is 0 Å². The molecule has 2 aromatic rings. The number of hydrogen-bond acceptors (Lipinski definition) is 4. The minimum Gasteiger partial charge on any atom is -0.366 e. The van der Waals surface area contributed by atoms with Gasteiger partial charge in [0.1, 0.15) is 0 Å². The Morgan fingerprint density at radius 1 is 1.10 bits per heavy atom. The monoisotopic (exact) mass is 270 g/mol. The summed E-state index contributed by atoms with van der Waals surface area (Å²) in [4.78, 5) is 31.3. The number of amides is 2. The molecule has 6 nitrogen and oxygen atoms in total. The zero-order chi connectivity index (χ0) is 14.9. The van der Waals surface area contributed by atoms with Crippen LogP contribution in [0.3, 0.4) is 0 Å². The second kappa shape index (κ2) is 5.08. The van der Waals surface area contributed by atoms with Crippen LogP contribution < -0.4 is 11.5 Å². The Morgan fingerprint density at radius 2 is 1.80 bits per heavy atom. The topological polar surface area (TPSA) is 112 Å². The standard InChI is InChI=1S/C14H14N4O2/c1-7-11(14(16)20)10(13(15)19)6-18-12(7)9-4-3-5-17-8(9)2/h3-6H,1-2H3,(H2,15,19)(H2,16,20). The summed E-state index contributed by atoms with van der Waals surface area (Å²) in [6.45, 7) is 3.52. The highest BCUT2D eigenvalue weighted by Gasteiger charge is 2.20. The van der Waals surface area contributed by atoms with Crippen molar-refractivity contribution in [1.29, 1.82) is 0 Å².